The zero-order chi connectivity index (χ0) is 29.1. The third kappa shape index (κ3) is 6.99. The van der Waals surface area contributed by atoms with Gasteiger partial charge < -0.3 is 19.0 Å². The highest BCUT2D eigenvalue weighted by Gasteiger charge is 2.20. The molecule has 0 spiro atoms. The van der Waals surface area contributed by atoms with Crippen molar-refractivity contribution in [3.63, 3.8) is 0 Å². The van der Waals surface area contributed by atoms with Gasteiger partial charge in [0.05, 0.1) is 0 Å². The Balaban J connectivity index is 1.47. The molecule has 0 aliphatic rings. The average Bonchev–Trinajstić information content (AvgIpc) is 2.88. The largest absolute Gasteiger partial charge is 0.379 e. The molecule has 0 aromatic heterocycles. The van der Waals surface area contributed by atoms with Crippen LogP contribution in [-0.4, -0.2) is 22.9 Å². The second-order valence-electron chi connectivity index (χ2n) is 9.24. The average molecular weight is 581 g/mol. The molecule has 4 aromatic rings. The molecular formula is C29H28N2O7S2. The Kier molecular flexibility index (Phi) is 8.17. The summed E-state index contributed by atoms with van der Waals surface area (Å²) < 4.78 is 61.6. The summed E-state index contributed by atoms with van der Waals surface area (Å²) >= 11 is 0. The molecule has 0 aliphatic heterocycles. The molecule has 0 aliphatic carbocycles. The molecule has 2 amide bonds. The van der Waals surface area contributed by atoms with Crippen molar-refractivity contribution in [2.24, 2.45) is 0 Å². The van der Waals surface area contributed by atoms with E-state index in [1.807, 2.05) is 13.8 Å². The van der Waals surface area contributed by atoms with Gasteiger partial charge >= 0.3 is 26.3 Å². The highest BCUT2D eigenvalue weighted by molar-refractivity contribution is 7.87. The maximum Gasteiger partial charge on any atom is 0.339 e. The highest BCUT2D eigenvalue weighted by atomic mass is 32.2. The fraction of sp³-hybridized carbons (Fsp3) is 0.138. The summed E-state index contributed by atoms with van der Waals surface area (Å²) in [4.78, 5) is 12.7. The Labute approximate surface area is 234 Å². The minimum atomic E-state index is -4.08. The number of nitrogens with one attached hydrogen (secondary N) is 2. The second kappa shape index (κ2) is 11.4. The number of carbonyl (C=O) groups is 1. The molecule has 9 nitrogen and oxygen atoms in total. The van der Waals surface area contributed by atoms with Gasteiger partial charge in [0.25, 0.3) is 0 Å². The number of urea groups is 1. The van der Waals surface area contributed by atoms with Crippen LogP contribution in [0.1, 0.15) is 22.3 Å². The van der Waals surface area contributed by atoms with Crippen LogP contribution in [0.4, 0.5) is 16.2 Å². The molecule has 40 heavy (non-hydrogen) atoms. The van der Waals surface area contributed by atoms with E-state index in [2.05, 4.69) is 10.6 Å². The molecule has 0 radical (unpaired) electrons. The Morgan fingerprint density at radius 1 is 0.550 bits per heavy atom. The minimum Gasteiger partial charge on any atom is -0.379 e. The number of benzene rings is 4. The second-order valence-corrected chi connectivity index (χ2v) is 12.3. The third-order valence-corrected chi connectivity index (χ3v) is 8.41. The summed E-state index contributed by atoms with van der Waals surface area (Å²) in [6.45, 7) is 7.06. The van der Waals surface area contributed by atoms with Gasteiger partial charge in [-0.15, -0.1) is 0 Å². The van der Waals surface area contributed by atoms with E-state index in [-0.39, 0.29) is 32.7 Å². The van der Waals surface area contributed by atoms with E-state index < -0.39 is 26.3 Å². The van der Waals surface area contributed by atoms with Crippen LogP contribution in [0.5, 0.6) is 11.5 Å². The van der Waals surface area contributed by atoms with E-state index in [9.17, 15) is 21.6 Å². The topological polar surface area (TPSA) is 128 Å². The lowest BCUT2D eigenvalue weighted by atomic mass is 10.2. The van der Waals surface area contributed by atoms with Crippen LogP contribution in [0.2, 0.25) is 0 Å². The Morgan fingerprint density at radius 3 is 1.25 bits per heavy atom. The summed E-state index contributed by atoms with van der Waals surface area (Å²) in [6, 6.07) is 21.1. The van der Waals surface area contributed by atoms with Crippen molar-refractivity contribution >= 4 is 37.6 Å². The normalized spacial score (nSPS) is 11.5. The lowest BCUT2D eigenvalue weighted by Gasteiger charge is -2.14. The van der Waals surface area contributed by atoms with Crippen molar-refractivity contribution in [1.29, 1.82) is 0 Å². The maximum atomic E-state index is 12.7. The van der Waals surface area contributed by atoms with Gasteiger partial charge in [0.2, 0.25) is 0 Å². The quantitative estimate of drug-likeness (QED) is 0.241. The number of amides is 2. The number of aryl methyl sites for hydroxylation is 4. The first-order valence-corrected chi connectivity index (χ1v) is 15.0. The molecule has 0 saturated carbocycles. The molecule has 0 saturated heterocycles. The van der Waals surface area contributed by atoms with Crippen molar-refractivity contribution in [1.82, 2.24) is 0 Å². The van der Waals surface area contributed by atoms with Crippen molar-refractivity contribution in [3.05, 3.63) is 107 Å². The minimum absolute atomic E-state index is 0.00962. The monoisotopic (exact) mass is 580 g/mol. The first-order valence-electron chi connectivity index (χ1n) is 12.1. The van der Waals surface area contributed by atoms with Crippen LogP contribution in [-0.2, 0) is 20.2 Å². The molecule has 0 unspecified atom stereocenters. The smallest absolute Gasteiger partial charge is 0.339 e. The summed E-state index contributed by atoms with van der Waals surface area (Å²) in [5.74, 6) is 0.122. The summed E-state index contributed by atoms with van der Waals surface area (Å²) in [7, 11) is -8.17. The molecular weight excluding hydrogens is 552 g/mol. The lowest BCUT2D eigenvalue weighted by Crippen LogP contribution is -2.20. The van der Waals surface area contributed by atoms with E-state index in [0.29, 0.717) is 11.1 Å². The van der Waals surface area contributed by atoms with Crippen molar-refractivity contribution in [2.45, 2.75) is 37.5 Å². The zero-order valence-corrected chi connectivity index (χ0v) is 23.9. The Morgan fingerprint density at radius 2 is 0.900 bits per heavy atom. The number of hydrogen-bond acceptors (Lipinski definition) is 7. The third-order valence-electron chi connectivity index (χ3n) is 5.91. The van der Waals surface area contributed by atoms with Gasteiger partial charge in [-0.2, -0.15) is 16.8 Å². The SMILES string of the molecule is Cc1ccc(S(=O)(=O)Oc2cc(NC(=O)Nc3ccc(C)c(OS(=O)(=O)c4ccc(C)cc4)c3)ccc2C)cc1. The van der Waals surface area contributed by atoms with Gasteiger partial charge in [-0.3, -0.25) is 0 Å². The number of rotatable bonds is 8. The summed E-state index contributed by atoms with van der Waals surface area (Å²) in [6.07, 6.45) is 0. The molecule has 0 bridgehead atoms. The van der Waals surface area contributed by atoms with E-state index in [0.717, 1.165) is 11.1 Å². The van der Waals surface area contributed by atoms with Gasteiger partial charge in [0.15, 0.2) is 0 Å². The fourth-order valence-corrected chi connectivity index (χ4v) is 5.53. The van der Waals surface area contributed by atoms with Crippen LogP contribution in [0.15, 0.2) is 94.7 Å². The fourth-order valence-electron chi connectivity index (χ4n) is 3.57. The van der Waals surface area contributed by atoms with Gasteiger partial charge in [-0.1, -0.05) is 47.5 Å². The first-order chi connectivity index (χ1) is 18.8. The number of carbonyl (C=O) groups excluding carboxylic acids is 1. The summed E-state index contributed by atoms with van der Waals surface area (Å²) in [5, 5.41) is 5.24. The number of anilines is 2. The van der Waals surface area contributed by atoms with E-state index in [4.69, 9.17) is 8.37 Å². The molecule has 0 fully saturated rings. The maximum absolute atomic E-state index is 12.7. The van der Waals surface area contributed by atoms with E-state index in [1.165, 1.54) is 36.4 Å². The van der Waals surface area contributed by atoms with Crippen LogP contribution in [0, 0.1) is 27.7 Å². The van der Waals surface area contributed by atoms with Crippen molar-refractivity contribution in [2.75, 3.05) is 10.6 Å². The molecule has 11 heteroatoms. The van der Waals surface area contributed by atoms with Crippen LogP contribution in [0.3, 0.4) is 0 Å². The van der Waals surface area contributed by atoms with Crippen molar-refractivity contribution in [3.8, 4) is 11.5 Å². The number of hydrogen-bond donors (Lipinski definition) is 2. The first kappa shape index (κ1) is 28.7. The molecule has 0 atom stereocenters. The summed E-state index contributed by atoms with van der Waals surface area (Å²) in [5.41, 5.74) is 3.49. The predicted molar refractivity (Wildman–Crippen MR) is 153 cm³/mol. The Bertz CT molecular complexity index is 1640. The molecule has 208 valence electrons. The standard InChI is InChI=1S/C29H28N2O7S2/c1-19-5-13-25(14-6-19)39(33,34)37-27-17-23(11-9-21(27)3)30-29(32)31-24-12-10-22(4)28(18-24)38-40(35,36)26-15-7-20(2)8-16-26/h5-18H,1-4H3,(H2,30,31,32). The van der Waals surface area contributed by atoms with E-state index in [1.54, 1.807) is 62.4 Å². The van der Waals surface area contributed by atoms with Gasteiger partial charge in [0.1, 0.15) is 21.3 Å². The predicted octanol–water partition coefficient (Wildman–Crippen LogP) is 6.10. The molecule has 4 aromatic carbocycles. The van der Waals surface area contributed by atoms with Gasteiger partial charge in [-0.25, -0.2) is 4.79 Å². The zero-order valence-electron chi connectivity index (χ0n) is 22.3. The van der Waals surface area contributed by atoms with Crippen LogP contribution < -0.4 is 19.0 Å². The van der Waals surface area contributed by atoms with Gasteiger partial charge in [-0.05, 0) is 75.2 Å². The molecule has 0 heterocycles. The van der Waals surface area contributed by atoms with Crippen LogP contribution in [0.25, 0.3) is 0 Å². The van der Waals surface area contributed by atoms with Crippen molar-refractivity contribution < 1.29 is 30.0 Å². The lowest BCUT2D eigenvalue weighted by molar-refractivity contribution is 0.262. The molecule has 4 rings (SSSR count). The van der Waals surface area contributed by atoms with Gasteiger partial charge in [0, 0.05) is 23.5 Å². The highest BCUT2D eigenvalue weighted by Crippen LogP contribution is 2.28. The van der Waals surface area contributed by atoms with Crippen LogP contribution >= 0.6 is 0 Å². The Hall–Kier alpha value is -4.35. The molecule has 2 N–H and O–H groups in total. The van der Waals surface area contributed by atoms with E-state index >= 15 is 0 Å².